The molecule has 1 aliphatic heterocycles. The van der Waals surface area contributed by atoms with E-state index in [1.54, 1.807) is 6.92 Å². The molecule has 0 saturated carbocycles. The van der Waals surface area contributed by atoms with E-state index >= 15 is 0 Å². The summed E-state index contributed by atoms with van der Waals surface area (Å²) in [5.41, 5.74) is -0.995. The normalized spacial score (nSPS) is 20.3. The van der Waals surface area contributed by atoms with Crippen LogP contribution in [0, 0.1) is 5.82 Å². The SMILES string of the molecule is CCOC(=O)CC(B1OC(C)(C)C(C)(C)O1)c1ncccc1F. The zero-order valence-electron chi connectivity index (χ0n) is 14.3. The van der Waals surface area contributed by atoms with Crippen LogP contribution in [-0.4, -0.2) is 35.9 Å². The molecule has 0 spiro atoms. The molecular weight excluding hydrogens is 300 g/mol. The number of carbonyl (C=O) groups excluding carboxylic acids is 1. The van der Waals surface area contributed by atoms with E-state index in [4.69, 9.17) is 14.0 Å². The lowest BCUT2D eigenvalue weighted by Gasteiger charge is -2.32. The number of pyridine rings is 1. The van der Waals surface area contributed by atoms with Crippen molar-refractivity contribution in [2.24, 2.45) is 0 Å². The van der Waals surface area contributed by atoms with E-state index in [1.165, 1.54) is 18.3 Å². The molecule has 0 amide bonds. The Kier molecular flexibility index (Phi) is 5.11. The van der Waals surface area contributed by atoms with Crippen LogP contribution >= 0.6 is 0 Å². The molecular formula is C16H23BFNO4. The number of nitrogens with zero attached hydrogens (tertiary/aromatic N) is 1. The van der Waals surface area contributed by atoms with Gasteiger partial charge in [-0.1, -0.05) is 0 Å². The highest BCUT2D eigenvalue weighted by atomic mass is 19.1. The van der Waals surface area contributed by atoms with Crippen LogP contribution in [0.15, 0.2) is 18.3 Å². The standard InChI is InChI=1S/C16H23BFNO4/c1-6-21-13(20)10-11(14-12(18)8-7-9-19-14)17-22-15(2,3)16(4,5)23-17/h7-9,11H,6,10H2,1-5H3. The van der Waals surface area contributed by atoms with Crippen LogP contribution in [0.3, 0.4) is 0 Å². The van der Waals surface area contributed by atoms with Gasteiger partial charge in [-0.15, -0.1) is 0 Å². The van der Waals surface area contributed by atoms with Gasteiger partial charge < -0.3 is 14.0 Å². The summed E-state index contributed by atoms with van der Waals surface area (Å²) in [6, 6.07) is 2.82. The van der Waals surface area contributed by atoms with Gasteiger partial charge >= 0.3 is 13.1 Å². The van der Waals surface area contributed by atoms with Crippen LogP contribution < -0.4 is 0 Å². The summed E-state index contributed by atoms with van der Waals surface area (Å²) in [7, 11) is -0.770. The Morgan fingerprint density at radius 1 is 1.35 bits per heavy atom. The third-order valence-electron chi connectivity index (χ3n) is 4.43. The van der Waals surface area contributed by atoms with Gasteiger partial charge in [-0.3, -0.25) is 9.78 Å². The van der Waals surface area contributed by atoms with Crippen LogP contribution in [-0.2, 0) is 18.8 Å². The van der Waals surface area contributed by atoms with Crippen LogP contribution in [0.5, 0.6) is 0 Å². The molecule has 1 aromatic rings. The van der Waals surface area contributed by atoms with Crippen molar-refractivity contribution in [3.05, 3.63) is 29.8 Å². The van der Waals surface area contributed by atoms with Gasteiger partial charge in [0.05, 0.1) is 29.9 Å². The third-order valence-corrected chi connectivity index (χ3v) is 4.43. The molecule has 2 rings (SSSR count). The molecule has 0 N–H and O–H groups in total. The fourth-order valence-electron chi connectivity index (χ4n) is 2.44. The molecule has 126 valence electrons. The monoisotopic (exact) mass is 323 g/mol. The van der Waals surface area contributed by atoms with Gasteiger partial charge in [0.15, 0.2) is 0 Å². The summed E-state index contributed by atoms with van der Waals surface area (Å²) in [5.74, 6) is -1.59. The summed E-state index contributed by atoms with van der Waals surface area (Å²) in [4.78, 5) is 16.0. The molecule has 0 bridgehead atoms. The lowest BCUT2D eigenvalue weighted by atomic mass is 9.67. The van der Waals surface area contributed by atoms with Crippen molar-refractivity contribution < 1.29 is 23.2 Å². The molecule has 5 nitrogen and oxygen atoms in total. The van der Waals surface area contributed by atoms with Crippen LogP contribution in [0.1, 0.15) is 52.6 Å². The molecule has 1 unspecified atom stereocenters. The molecule has 2 heterocycles. The zero-order valence-corrected chi connectivity index (χ0v) is 14.3. The molecule has 23 heavy (non-hydrogen) atoms. The molecule has 1 fully saturated rings. The minimum Gasteiger partial charge on any atom is -0.466 e. The first-order chi connectivity index (χ1) is 10.7. The maximum atomic E-state index is 14.2. The average Bonchev–Trinajstić information content (AvgIpc) is 2.66. The summed E-state index contributed by atoms with van der Waals surface area (Å²) >= 11 is 0. The van der Waals surface area contributed by atoms with Crippen molar-refractivity contribution in [1.82, 2.24) is 4.98 Å². The molecule has 1 atom stereocenters. The number of halogens is 1. The first-order valence-corrected chi connectivity index (χ1v) is 7.79. The molecule has 1 saturated heterocycles. The Morgan fingerprint density at radius 3 is 2.48 bits per heavy atom. The highest BCUT2D eigenvalue weighted by Gasteiger charge is 2.55. The number of hydrogen-bond acceptors (Lipinski definition) is 5. The average molecular weight is 323 g/mol. The van der Waals surface area contributed by atoms with Gasteiger partial charge in [0.1, 0.15) is 5.82 Å². The molecule has 0 radical (unpaired) electrons. The van der Waals surface area contributed by atoms with Crippen molar-refractivity contribution in [3.8, 4) is 0 Å². The summed E-state index contributed by atoms with van der Waals surface area (Å²) in [6.45, 7) is 9.61. The maximum absolute atomic E-state index is 14.2. The van der Waals surface area contributed by atoms with Crippen LogP contribution in [0.25, 0.3) is 0 Å². The van der Waals surface area contributed by atoms with Gasteiger partial charge in [-0.2, -0.15) is 0 Å². The van der Waals surface area contributed by atoms with E-state index in [0.29, 0.717) is 0 Å². The lowest BCUT2D eigenvalue weighted by Crippen LogP contribution is -2.41. The van der Waals surface area contributed by atoms with E-state index in [1.807, 2.05) is 27.7 Å². The van der Waals surface area contributed by atoms with E-state index in [0.717, 1.165) is 0 Å². The number of esters is 1. The molecule has 0 aromatic carbocycles. The third kappa shape index (κ3) is 3.72. The minimum absolute atomic E-state index is 0.0569. The number of rotatable bonds is 5. The largest absolute Gasteiger partial charge is 0.468 e. The van der Waals surface area contributed by atoms with Crippen molar-refractivity contribution >= 4 is 13.1 Å². The van der Waals surface area contributed by atoms with Gasteiger partial charge in [0.25, 0.3) is 0 Å². The van der Waals surface area contributed by atoms with E-state index in [2.05, 4.69) is 4.98 Å². The molecule has 1 aromatic heterocycles. The Hall–Kier alpha value is -1.47. The van der Waals surface area contributed by atoms with Gasteiger partial charge in [0, 0.05) is 12.0 Å². The second-order valence-electron chi connectivity index (χ2n) is 6.61. The van der Waals surface area contributed by atoms with Gasteiger partial charge in [-0.25, -0.2) is 4.39 Å². The van der Waals surface area contributed by atoms with Crippen molar-refractivity contribution in [2.45, 2.75) is 58.1 Å². The van der Waals surface area contributed by atoms with Crippen LogP contribution in [0.2, 0.25) is 0 Å². The molecule has 0 aliphatic carbocycles. The van der Waals surface area contributed by atoms with E-state index < -0.39 is 35.9 Å². The van der Waals surface area contributed by atoms with Gasteiger partial charge in [-0.05, 0) is 46.8 Å². The highest BCUT2D eigenvalue weighted by Crippen LogP contribution is 2.41. The smallest absolute Gasteiger partial charge is 0.466 e. The van der Waals surface area contributed by atoms with Crippen molar-refractivity contribution in [3.63, 3.8) is 0 Å². The zero-order chi connectivity index (χ0) is 17.3. The minimum atomic E-state index is -0.770. The fourth-order valence-corrected chi connectivity index (χ4v) is 2.44. The number of hydrogen-bond donors (Lipinski definition) is 0. The second kappa shape index (κ2) is 6.57. The summed E-state index contributed by atoms with van der Waals surface area (Å²) < 4.78 is 31.1. The number of aromatic nitrogens is 1. The maximum Gasteiger partial charge on any atom is 0.468 e. The lowest BCUT2D eigenvalue weighted by molar-refractivity contribution is -0.143. The topological polar surface area (TPSA) is 57.7 Å². The number of carbonyl (C=O) groups is 1. The first kappa shape index (κ1) is 17.9. The van der Waals surface area contributed by atoms with E-state index in [-0.39, 0.29) is 18.7 Å². The Bertz CT molecular complexity index is 563. The molecule has 1 aliphatic rings. The summed E-state index contributed by atoms with van der Waals surface area (Å²) in [6.07, 6.45) is 1.43. The van der Waals surface area contributed by atoms with Crippen LogP contribution in [0.4, 0.5) is 4.39 Å². The molecule has 7 heteroatoms. The predicted octanol–water partition coefficient (Wildman–Crippen LogP) is 2.89. The fraction of sp³-hybridized carbons (Fsp3) is 0.625. The van der Waals surface area contributed by atoms with Gasteiger partial charge in [0.2, 0.25) is 0 Å². The Labute approximate surface area is 136 Å². The second-order valence-corrected chi connectivity index (χ2v) is 6.61. The van der Waals surface area contributed by atoms with Crippen molar-refractivity contribution in [2.75, 3.05) is 6.61 Å². The Balaban J connectivity index is 2.32. The van der Waals surface area contributed by atoms with E-state index in [9.17, 15) is 9.18 Å². The predicted molar refractivity (Wildman–Crippen MR) is 84.3 cm³/mol. The first-order valence-electron chi connectivity index (χ1n) is 7.79. The number of ether oxygens (including phenoxy) is 1. The van der Waals surface area contributed by atoms with Crippen molar-refractivity contribution in [1.29, 1.82) is 0 Å². The Morgan fingerprint density at radius 2 is 1.96 bits per heavy atom. The quantitative estimate of drug-likeness (QED) is 0.616. The highest BCUT2D eigenvalue weighted by molar-refractivity contribution is 6.48. The summed E-state index contributed by atoms with van der Waals surface area (Å²) in [5, 5.41) is 0.